The van der Waals surface area contributed by atoms with E-state index in [1.165, 1.54) is 6.07 Å². The van der Waals surface area contributed by atoms with Gasteiger partial charge in [-0.3, -0.25) is 14.8 Å². The van der Waals surface area contributed by atoms with Crippen molar-refractivity contribution in [2.45, 2.75) is 40.2 Å². The largest absolute Gasteiger partial charge is 0.427 e. The van der Waals surface area contributed by atoms with Crippen molar-refractivity contribution in [3.63, 3.8) is 0 Å². The van der Waals surface area contributed by atoms with Crippen molar-refractivity contribution in [1.82, 2.24) is 5.06 Å². The summed E-state index contributed by atoms with van der Waals surface area (Å²) < 4.78 is 5.51. The maximum Gasteiger partial charge on any atom is 0.316 e. The zero-order valence-corrected chi connectivity index (χ0v) is 15.6. The molecule has 1 heterocycles. The second-order valence-electron chi connectivity index (χ2n) is 7.14. The summed E-state index contributed by atoms with van der Waals surface area (Å²) in [6, 6.07) is 4.60. The number of ether oxygens (including phenoxy) is 1. The molecule has 5 nitrogen and oxygen atoms in total. The topological polar surface area (TPSA) is 66.8 Å². The van der Waals surface area contributed by atoms with E-state index < -0.39 is 22.8 Å². The number of esters is 1. The molecule has 7 heteroatoms. The minimum atomic E-state index is -1.21. The molecule has 1 aromatic carbocycles. The van der Waals surface area contributed by atoms with E-state index in [0.717, 1.165) is 0 Å². The molecule has 130 valence electrons. The summed E-state index contributed by atoms with van der Waals surface area (Å²) in [4.78, 5) is 24.9. The Morgan fingerprint density at radius 3 is 2.33 bits per heavy atom. The van der Waals surface area contributed by atoms with Gasteiger partial charge in [0.05, 0.1) is 16.0 Å². The van der Waals surface area contributed by atoms with Gasteiger partial charge in [-0.1, -0.05) is 29.3 Å². The average molecular weight is 372 g/mol. The Kier molecular flexibility index (Phi) is 4.74. The fraction of sp³-hybridized carbons (Fsp3) is 0.412. The predicted octanol–water partition coefficient (Wildman–Crippen LogP) is 4.30. The van der Waals surface area contributed by atoms with Crippen LogP contribution in [0.1, 0.15) is 40.2 Å². The van der Waals surface area contributed by atoms with Crippen LogP contribution in [0.15, 0.2) is 24.0 Å². The van der Waals surface area contributed by atoms with Gasteiger partial charge in [-0.15, -0.1) is 0 Å². The van der Waals surface area contributed by atoms with E-state index in [1.54, 1.807) is 46.8 Å². The average Bonchev–Trinajstić information content (AvgIpc) is 2.60. The predicted molar refractivity (Wildman–Crippen MR) is 91.6 cm³/mol. The van der Waals surface area contributed by atoms with E-state index in [9.17, 15) is 14.8 Å². The molecule has 0 aromatic heterocycles. The Morgan fingerprint density at radius 2 is 1.83 bits per heavy atom. The SMILES string of the molecule is CC(C)(C)C(=O)OC1=C(c2ccc(Cl)cc2Cl)C(=O)N(O)C1(C)C. The molecule has 1 aliphatic heterocycles. The van der Waals surface area contributed by atoms with Crippen LogP contribution >= 0.6 is 23.2 Å². The van der Waals surface area contributed by atoms with Gasteiger partial charge >= 0.3 is 5.97 Å². The maximum absolute atomic E-state index is 12.5. The zero-order valence-electron chi connectivity index (χ0n) is 14.1. The van der Waals surface area contributed by atoms with Gasteiger partial charge in [-0.25, -0.2) is 5.06 Å². The number of carbonyl (C=O) groups is 2. The molecule has 1 aliphatic rings. The molecule has 0 radical (unpaired) electrons. The van der Waals surface area contributed by atoms with Crippen LogP contribution in [0, 0.1) is 5.41 Å². The van der Waals surface area contributed by atoms with Crippen molar-refractivity contribution in [2.75, 3.05) is 0 Å². The molecule has 0 fully saturated rings. The van der Waals surface area contributed by atoms with Crippen molar-refractivity contribution in [3.05, 3.63) is 39.6 Å². The summed E-state index contributed by atoms with van der Waals surface area (Å²) in [6.07, 6.45) is 0. The van der Waals surface area contributed by atoms with Crippen LogP contribution in [0.25, 0.3) is 5.57 Å². The van der Waals surface area contributed by atoms with E-state index in [-0.39, 0.29) is 16.4 Å². The third-order valence-electron chi connectivity index (χ3n) is 3.73. The molecular formula is C17H19Cl2NO4. The Labute approximate surface area is 150 Å². The van der Waals surface area contributed by atoms with Gasteiger partial charge in [0, 0.05) is 10.6 Å². The maximum atomic E-state index is 12.5. The molecule has 24 heavy (non-hydrogen) atoms. The van der Waals surface area contributed by atoms with E-state index in [4.69, 9.17) is 27.9 Å². The highest BCUT2D eigenvalue weighted by atomic mass is 35.5. The third-order valence-corrected chi connectivity index (χ3v) is 4.27. The fourth-order valence-electron chi connectivity index (χ4n) is 2.21. The van der Waals surface area contributed by atoms with Crippen LogP contribution in [-0.2, 0) is 14.3 Å². The lowest BCUT2D eigenvalue weighted by Crippen LogP contribution is -2.42. The molecule has 0 bridgehead atoms. The number of hydrogen-bond donors (Lipinski definition) is 1. The second kappa shape index (κ2) is 6.06. The minimum absolute atomic E-state index is 0.0433. The first-order valence-electron chi connectivity index (χ1n) is 7.33. The molecule has 1 N–H and O–H groups in total. The summed E-state index contributed by atoms with van der Waals surface area (Å²) in [7, 11) is 0. The van der Waals surface area contributed by atoms with Crippen LogP contribution in [-0.4, -0.2) is 27.7 Å². The number of benzene rings is 1. The van der Waals surface area contributed by atoms with E-state index in [1.807, 2.05) is 0 Å². The molecule has 0 aliphatic carbocycles. The molecule has 1 amide bonds. The summed E-state index contributed by atoms with van der Waals surface area (Å²) in [5.41, 5.74) is -1.60. The molecule has 0 atom stereocenters. The highest BCUT2D eigenvalue weighted by Gasteiger charge is 2.49. The molecule has 0 saturated carbocycles. The van der Waals surface area contributed by atoms with Gasteiger partial charge in [0.25, 0.3) is 5.91 Å². The number of nitrogens with zero attached hydrogens (tertiary/aromatic N) is 1. The lowest BCUT2D eigenvalue weighted by Gasteiger charge is -2.29. The standard InChI is InChI=1S/C17H19Cl2NO4/c1-16(2,3)15(22)24-13-12(14(21)20(23)17(13,4)5)10-7-6-9(18)8-11(10)19/h6-8,23H,1-5H3. The van der Waals surface area contributed by atoms with Crippen LogP contribution in [0.2, 0.25) is 10.0 Å². The van der Waals surface area contributed by atoms with Crippen molar-refractivity contribution in [2.24, 2.45) is 5.41 Å². The fourth-order valence-corrected chi connectivity index (χ4v) is 2.71. The smallest absolute Gasteiger partial charge is 0.316 e. The second-order valence-corrected chi connectivity index (χ2v) is 7.99. The van der Waals surface area contributed by atoms with Crippen LogP contribution < -0.4 is 0 Å². The number of hydroxylamine groups is 2. The monoisotopic (exact) mass is 371 g/mol. The molecule has 2 rings (SSSR count). The Morgan fingerprint density at radius 1 is 1.25 bits per heavy atom. The van der Waals surface area contributed by atoms with Gasteiger partial charge in [0.15, 0.2) is 0 Å². The highest BCUT2D eigenvalue weighted by Crippen LogP contribution is 2.42. The van der Waals surface area contributed by atoms with E-state index in [2.05, 4.69) is 0 Å². The Balaban J connectivity index is 2.66. The summed E-state index contributed by atoms with van der Waals surface area (Å²) in [5, 5.41) is 11.3. The molecule has 0 spiro atoms. The van der Waals surface area contributed by atoms with Crippen LogP contribution in [0.5, 0.6) is 0 Å². The first-order valence-corrected chi connectivity index (χ1v) is 8.09. The van der Waals surface area contributed by atoms with E-state index >= 15 is 0 Å². The van der Waals surface area contributed by atoms with Crippen molar-refractivity contribution < 1.29 is 19.5 Å². The molecule has 0 unspecified atom stereocenters. The van der Waals surface area contributed by atoms with Crippen molar-refractivity contribution >= 4 is 40.7 Å². The molecule has 0 saturated heterocycles. The first-order chi connectivity index (χ1) is 10.9. The lowest BCUT2D eigenvalue weighted by atomic mass is 9.95. The zero-order chi connectivity index (χ0) is 18.4. The lowest BCUT2D eigenvalue weighted by molar-refractivity contribution is -0.178. The number of amides is 1. The van der Waals surface area contributed by atoms with Gasteiger partial charge in [0.2, 0.25) is 0 Å². The van der Waals surface area contributed by atoms with Crippen molar-refractivity contribution in [3.8, 4) is 0 Å². The number of hydrogen-bond acceptors (Lipinski definition) is 4. The summed E-state index contributed by atoms with van der Waals surface area (Å²) >= 11 is 12.1. The van der Waals surface area contributed by atoms with Gasteiger partial charge in [0.1, 0.15) is 11.3 Å². The Hall–Kier alpha value is -1.56. The Bertz CT molecular complexity index is 747. The van der Waals surface area contributed by atoms with Crippen LogP contribution in [0.3, 0.4) is 0 Å². The minimum Gasteiger partial charge on any atom is -0.427 e. The number of rotatable bonds is 2. The van der Waals surface area contributed by atoms with E-state index in [0.29, 0.717) is 15.6 Å². The third kappa shape index (κ3) is 3.16. The molecule has 1 aromatic rings. The summed E-state index contributed by atoms with van der Waals surface area (Å²) in [5.74, 6) is -1.16. The van der Waals surface area contributed by atoms with Gasteiger partial charge in [-0.2, -0.15) is 0 Å². The normalized spacial score (nSPS) is 17.5. The number of carbonyl (C=O) groups excluding carboxylic acids is 2. The summed E-state index contributed by atoms with van der Waals surface area (Å²) in [6.45, 7) is 8.25. The first kappa shape index (κ1) is 18.8. The quantitative estimate of drug-likeness (QED) is 0.621. The number of halogens is 2. The van der Waals surface area contributed by atoms with Gasteiger partial charge < -0.3 is 4.74 Å². The van der Waals surface area contributed by atoms with Gasteiger partial charge in [-0.05, 0) is 46.8 Å². The van der Waals surface area contributed by atoms with Crippen molar-refractivity contribution in [1.29, 1.82) is 0 Å². The van der Waals surface area contributed by atoms with Crippen LogP contribution in [0.4, 0.5) is 0 Å². The highest BCUT2D eigenvalue weighted by molar-refractivity contribution is 6.37. The molecular weight excluding hydrogens is 353 g/mol.